The van der Waals surface area contributed by atoms with Gasteiger partial charge in [0.1, 0.15) is 0 Å². The topological polar surface area (TPSA) is 26.0 Å². The van der Waals surface area contributed by atoms with Crippen LogP contribution in [0.5, 0.6) is 0 Å². The second kappa shape index (κ2) is 8.54. The first kappa shape index (κ1) is 11.4. The number of allylic oxidation sites excluding steroid dienone is 2. The highest BCUT2D eigenvalue weighted by Crippen LogP contribution is 2.06. The van der Waals surface area contributed by atoms with Gasteiger partial charge >= 0.3 is 0 Å². The Labute approximate surface area is 76.3 Å². The van der Waals surface area contributed by atoms with Crippen LogP contribution in [0.1, 0.15) is 38.5 Å². The van der Waals surface area contributed by atoms with Crippen molar-refractivity contribution >= 4 is 0 Å². The summed E-state index contributed by atoms with van der Waals surface area (Å²) in [5, 5.41) is 0. The molecule has 1 unspecified atom stereocenters. The van der Waals surface area contributed by atoms with Crippen LogP contribution in [0.4, 0.5) is 0 Å². The Bertz CT molecular complexity index is 118. The molecule has 0 spiro atoms. The number of hydrogen-bond donors (Lipinski definition) is 1. The summed E-state index contributed by atoms with van der Waals surface area (Å²) < 4.78 is 0. The molecule has 0 aromatic carbocycles. The van der Waals surface area contributed by atoms with E-state index in [4.69, 9.17) is 5.73 Å². The van der Waals surface area contributed by atoms with Crippen molar-refractivity contribution in [3.8, 4) is 0 Å². The average molecular weight is 167 g/mol. The lowest BCUT2D eigenvalue weighted by molar-refractivity contribution is 0.538. The van der Waals surface area contributed by atoms with Crippen LogP contribution in [0.25, 0.3) is 0 Å². The Morgan fingerprint density at radius 1 is 1.00 bits per heavy atom. The third kappa shape index (κ3) is 7.55. The molecule has 0 aliphatic carbocycles. The van der Waals surface area contributed by atoms with Gasteiger partial charge < -0.3 is 5.73 Å². The molecule has 12 heavy (non-hydrogen) atoms. The first-order valence-electron chi connectivity index (χ1n) is 4.78. The normalized spacial score (nSPS) is 12.4. The second-order valence-electron chi connectivity index (χ2n) is 3.20. The molecule has 0 amide bonds. The van der Waals surface area contributed by atoms with E-state index in [0.717, 1.165) is 25.7 Å². The van der Waals surface area contributed by atoms with Gasteiger partial charge in [-0.25, -0.2) is 0 Å². The maximum Gasteiger partial charge on any atom is 0.00417 e. The molecule has 0 aliphatic heterocycles. The molecule has 0 bridgehead atoms. The van der Waals surface area contributed by atoms with Crippen LogP contribution in [0.15, 0.2) is 25.3 Å². The van der Waals surface area contributed by atoms with Crippen LogP contribution >= 0.6 is 0 Å². The van der Waals surface area contributed by atoms with Gasteiger partial charge in [0.15, 0.2) is 0 Å². The average Bonchev–Trinajstić information content (AvgIpc) is 2.09. The van der Waals surface area contributed by atoms with Crippen molar-refractivity contribution in [3.05, 3.63) is 25.3 Å². The zero-order valence-corrected chi connectivity index (χ0v) is 7.97. The van der Waals surface area contributed by atoms with Crippen molar-refractivity contribution in [2.75, 3.05) is 0 Å². The highest BCUT2D eigenvalue weighted by atomic mass is 14.6. The molecule has 0 heterocycles. The molecule has 0 aromatic heterocycles. The minimum atomic E-state index is 0.368. The van der Waals surface area contributed by atoms with Crippen LogP contribution in [0.2, 0.25) is 0 Å². The van der Waals surface area contributed by atoms with Gasteiger partial charge in [0.2, 0.25) is 0 Å². The van der Waals surface area contributed by atoms with Gasteiger partial charge in [0, 0.05) is 6.04 Å². The van der Waals surface area contributed by atoms with Crippen molar-refractivity contribution < 1.29 is 0 Å². The summed E-state index contributed by atoms with van der Waals surface area (Å²) in [4.78, 5) is 0. The highest BCUT2D eigenvalue weighted by molar-refractivity contribution is 4.72. The van der Waals surface area contributed by atoms with Gasteiger partial charge in [-0.3, -0.25) is 0 Å². The predicted octanol–water partition coefficient (Wildman–Crippen LogP) is 3.03. The standard InChI is InChI=1S/C11H21N/c1-3-5-7-8-10-11(12)9-6-4-2/h3-4,11H,1-2,5-10,12H2. The Morgan fingerprint density at radius 2 is 1.67 bits per heavy atom. The van der Waals surface area contributed by atoms with Gasteiger partial charge in [0.25, 0.3) is 0 Å². The fourth-order valence-corrected chi connectivity index (χ4v) is 1.17. The van der Waals surface area contributed by atoms with Crippen molar-refractivity contribution in [2.24, 2.45) is 5.73 Å². The van der Waals surface area contributed by atoms with E-state index in [1.807, 2.05) is 12.2 Å². The zero-order chi connectivity index (χ0) is 9.23. The van der Waals surface area contributed by atoms with E-state index in [0.29, 0.717) is 6.04 Å². The first-order valence-corrected chi connectivity index (χ1v) is 4.78. The monoisotopic (exact) mass is 167 g/mol. The summed E-state index contributed by atoms with van der Waals surface area (Å²) in [5.74, 6) is 0. The third-order valence-corrected chi connectivity index (χ3v) is 1.97. The quantitative estimate of drug-likeness (QED) is 0.436. The summed E-state index contributed by atoms with van der Waals surface area (Å²) in [5.41, 5.74) is 5.87. The Morgan fingerprint density at radius 3 is 2.25 bits per heavy atom. The molecule has 0 aliphatic rings. The van der Waals surface area contributed by atoms with E-state index in [-0.39, 0.29) is 0 Å². The molecule has 0 radical (unpaired) electrons. The molecule has 0 aromatic rings. The van der Waals surface area contributed by atoms with Gasteiger partial charge in [-0.15, -0.1) is 13.2 Å². The lowest BCUT2D eigenvalue weighted by Gasteiger charge is -2.08. The van der Waals surface area contributed by atoms with Crippen LogP contribution < -0.4 is 5.73 Å². The summed E-state index contributed by atoms with van der Waals surface area (Å²) in [6.45, 7) is 7.36. The molecule has 2 N–H and O–H groups in total. The molecular formula is C11H21N. The van der Waals surface area contributed by atoms with E-state index in [1.54, 1.807) is 0 Å². The lowest BCUT2D eigenvalue weighted by atomic mass is 10.0. The Hall–Kier alpha value is -0.560. The molecule has 0 saturated carbocycles. The van der Waals surface area contributed by atoms with E-state index in [9.17, 15) is 0 Å². The number of nitrogens with two attached hydrogens (primary N) is 1. The van der Waals surface area contributed by atoms with E-state index >= 15 is 0 Å². The summed E-state index contributed by atoms with van der Waals surface area (Å²) in [7, 11) is 0. The van der Waals surface area contributed by atoms with Crippen LogP contribution in [-0.4, -0.2) is 6.04 Å². The highest BCUT2D eigenvalue weighted by Gasteiger charge is 1.99. The second-order valence-corrected chi connectivity index (χ2v) is 3.20. The molecule has 0 fully saturated rings. The van der Waals surface area contributed by atoms with Crippen molar-refractivity contribution in [1.29, 1.82) is 0 Å². The Balaban J connectivity index is 3.12. The number of rotatable bonds is 8. The Kier molecular flexibility index (Phi) is 8.14. The van der Waals surface area contributed by atoms with Gasteiger partial charge in [0.05, 0.1) is 0 Å². The molecule has 0 rings (SSSR count). The fraction of sp³-hybridized carbons (Fsp3) is 0.636. The fourth-order valence-electron chi connectivity index (χ4n) is 1.17. The first-order chi connectivity index (χ1) is 5.81. The third-order valence-electron chi connectivity index (χ3n) is 1.97. The zero-order valence-electron chi connectivity index (χ0n) is 7.97. The largest absolute Gasteiger partial charge is 0.328 e. The van der Waals surface area contributed by atoms with Gasteiger partial charge in [-0.1, -0.05) is 18.6 Å². The molecule has 1 heteroatoms. The van der Waals surface area contributed by atoms with Crippen LogP contribution in [0.3, 0.4) is 0 Å². The SMILES string of the molecule is C=CCCCCC(N)CCC=C. The van der Waals surface area contributed by atoms with E-state index < -0.39 is 0 Å². The summed E-state index contributed by atoms with van der Waals surface area (Å²) in [6, 6.07) is 0.368. The smallest absolute Gasteiger partial charge is 0.00417 e. The summed E-state index contributed by atoms with van der Waals surface area (Å²) in [6.07, 6.45) is 10.7. The van der Waals surface area contributed by atoms with Crippen molar-refractivity contribution in [2.45, 2.75) is 44.6 Å². The van der Waals surface area contributed by atoms with E-state index in [1.165, 1.54) is 12.8 Å². The number of hydrogen-bond acceptors (Lipinski definition) is 1. The molecule has 1 atom stereocenters. The predicted molar refractivity (Wildman–Crippen MR) is 56.1 cm³/mol. The molecule has 70 valence electrons. The minimum absolute atomic E-state index is 0.368. The van der Waals surface area contributed by atoms with Crippen molar-refractivity contribution in [3.63, 3.8) is 0 Å². The number of unbranched alkanes of at least 4 members (excludes halogenated alkanes) is 2. The minimum Gasteiger partial charge on any atom is -0.328 e. The summed E-state index contributed by atoms with van der Waals surface area (Å²) >= 11 is 0. The van der Waals surface area contributed by atoms with Gasteiger partial charge in [-0.05, 0) is 32.1 Å². The molecular weight excluding hydrogens is 146 g/mol. The molecule has 0 saturated heterocycles. The molecule has 1 nitrogen and oxygen atoms in total. The van der Waals surface area contributed by atoms with E-state index in [2.05, 4.69) is 13.2 Å². The van der Waals surface area contributed by atoms with Crippen molar-refractivity contribution in [1.82, 2.24) is 0 Å². The van der Waals surface area contributed by atoms with Crippen LogP contribution in [-0.2, 0) is 0 Å². The maximum absolute atomic E-state index is 5.87. The van der Waals surface area contributed by atoms with Crippen LogP contribution in [0, 0.1) is 0 Å². The maximum atomic E-state index is 5.87. The van der Waals surface area contributed by atoms with Gasteiger partial charge in [-0.2, -0.15) is 0 Å². The lowest BCUT2D eigenvalue weighted by Crippen LogP contribution is -2.19.